The fourth-order valence-corrected chi connectivity index (χ4v) is 4.11. The van der Waals surface area contributed by atoms with Crippen molar-refractivity contribution in [3.05, 3.63) is 0 Å². The molecule has 4 heteroatoms. The Hall–Kier alpha value is -0.220. The molecule has 1 amide bonds. The monoisotopic (exact) mass is 270 g/mol. The Balaban J connectivity index is 2.05. The van der Waals surface area contributed by atoms with Crippen molar-refractivity contribution in [3.8, 4) is 0 Å². The summed E-state index contributed by atoms with van der Waals surface area (Å²) in [6.45, 7) is 4.30. The van der Waals surface area contributed by atoms with E-state index in [1.165, 1.54) is 19.3 Å². The molecule has 4 unspecified atom stereocenters. The molecule has 2 rings (SSSR count). The van der Waals surface area contributed by atoms with Crippen LogP contribution in [0, 0.1) is 0 Å². The number of nitrogens with zero attached hydrogens (tertiary/aromatic N) is 1. The zero-order chi connectivity index (χ0) is 13.1. The molecule has 2 aliphatic rings. The van der Waals surface area contributed by atoms with Crippen LogP contribution in [0.1, 0.15) is 52.4 Å². The van der Waals surface area contributed by atoms with Gasteiger partial charge < -0.3 is 4.90 Å². The average Bonchev–Trinajstić information content (AvgIpc) is 2.94. The van der Waals surface area contributed by atoms with Gasteiger partial charge in [-0.1, -0.05) is 20.3 Å². The third kappa shape index (κ3) is 2.69. The summed E-state index contributed by atoms with van der Waals surface area (Å²) in [6, 6.07) is 0.547. The number of amides is 1. The summed E-state index contributed by atoms with van der Waals surface area (Å²) in [6.07, 6.45) is 9.26. The highest BCUT2D eigenvalue weighted by Crippen LogP contribution is 2.34. The quantitative estimate of drug-likeness (QED) is 0.833. The van der Waals surface area contributed by atoms with Crippen LogP contribution in [0.25, 0.3) is 0 Å². The van der Waals surface area contributed by atoms with E-state index in [1.54, 1.807) is 0 Å². The highest BCUT2D eigenvalue weighted by atomic mass is 32.2. The van der Waals surface area contributed by atoms with Crippen LogP contribution in [-0.2, 0) is 4.79 Å². The van der Waals surface area contributed by atoms with Crippen molar-refractivity contribution in [3.63, 3.8) is 0 Å². The molecule has 1 heterocycles. The minimum Gasteiger partial charge on any atom is -0.323 e. The summed E-state index contributed by atoms with van der Waals surface area (Å²) in [4.78, 5) is 14.6. The molecule has 18 heavy (non-hydrogen) atoms. The van der Waals surface area contributed by atoms with Crippen molar-refractivity contribution in [1.82, 2.24) is 10.2 Å². The maximum absolute atomic E-state index is 12.5. The number of hydrogen-bond acceptors (Lipinski definition) is 3. The SMILES string of the molecule is CCCC1NC(CC)C(=O)N1C1CCC(SC)C1. The lowest BCUT2D eigenvalue weighted by Gasteiger charge is -2.30. The standard InChI is InChI=1S/C14H26N2OS/c1-4-6-13-15-12(5-2)14(17)16(13)10-7-8-11(9-10)18-3/h10-13,15H,4-9H2,1-3H3. The van der Waals surface area contributed by atoms with Crippen LogP contribution in [0.4, 0.5) is 0 Å². The number of nitrogens with one attached hydrogen (secondary N) is 1. The Morgan fingerprint density at radius 2 is 2.17 bits per heavy atom. The van der Waals surface area contributed by atoms with Gasteiger partial charge >= 0.3 is 0 Å². The number of rotatable bonds is 5. The van der Waals surface area contributed by atoms with Crippen molar-refractivity contribution in [2.75, 3.05) is 6.26 Å². The van der Waals surface area contributed by atoms with Gasteiger partial charge in [-0.3, -0.25) is 10.1 Å². The number of thioether (sulfide) groups is 1. The second-order valence-corrected chi connectivity index (χ2v) is 6.64. The Morgan fingerprint density at radius 3 is 2.72 bits per heavy atom. The molecule has 2 fully saturated rings. The van der Waals surface area contributed by atoms with Crippen LogP contribution < -0.4 is 5.32 Å². The molecular formula is C14H26N2OS. The van der Waals surface area contributed by atoms with Gasteiger partial charge in [0.25, 0.3) is 0 Å². The first-order valence-corrected chi connectivity index (χ1v) is 8.61. The van der Waals surface area contributed by atoms with E-state index < -0.39 is 0 Å². The van der Waals surface area contributed by atoms with Gasteiger partial charge in [-0.05, 0) is 38.4 Å². The van der Waals surface area contributed by atoms with Gasteiger partial charge in [-0.2, -0.15) is 11.8 Å². The van der Waals surface area contributed by atoms with E-state index in [1.807, 2.05) is 11.8 Å². The summed E-state index contributed by atoms with van der Waals surface area (Å²) in [5.41, 5.74) is 0. The molecule has 0 aromatic heterocycles. The maximum Gasteiger partial charge on any atom is 0.241 e. The Kier molecular flexibility index (Phi) is 4.96. The van der Waals surface area contributed by atoms with Crippen molar-refractivity contribution in [2.24, 2.45) is 0 Å². The summed E-state index contributed by atoms with van der Waals surface area (Å²) >= 11 is 1.96. The Bertz CT molecular complexity index is 298. The molecular weight excluding hydrogens is 244 g/mol. The van der Waals surface area contributed by atoms with Crippen LogP contribution in [0.15, 0.2) is 0 Å². The smallest absolute Gasteiger partial charge is 0.241 e. The average molecular weight is 270 g/mol. The lowest BCUT2D eigenvalue weighted by Crippen LogP contribution is -2.43. The van der Waals surface area contributed by atoms with Gasteiger partial charge in [-0.15, -0.1) is 0 Å². The zero-order valence-electron chi connectivity index (χ0n) is 11.8. The van der Waals surface area contributed by atoms with Crippen molar-refractivity contribution in [2.45, 2.75) is 75.9 Å². The van der Waals surface area contributed by atoms with Crippen LogP contribution in [0.2, 0.25) is 0 Å². The van der Waals surface area contributed by atoms with E-state index in [2.05, 4.69) is 30.3 Å². The lowest BCUT2D eigenvalue weighted by molar-refractivity contribution is -0.132. The number of hydrogen-bond donors (Lipinski definition) is 1. The van der Waals surface area contributed by atoms with Crippen LogP contribution in [0.3, 0.4) is 0 Å². The summed E-state index contributed by atoms with van der Waals surface area (Å²) < 4.78 is 0. The molecule has 4 atom stereocenters. The van der Waals surface area contributed by atoms with Crippen molar-refractivity contribution >= 4 is 17.7 Å². The lowest BCUT2D eigenvalue weighted by atomic mass is 10.1. The van der Waals surface area contributed by atoms with Crippen LogP contribution in [-0.4, -0.2) is 40.6 Å². The fraction of sp³-hybridized carbons (Fsp3) is 0.929. The van der Waals surface area contributed by atoms with Crippen molar-refractivity contribution in [1.29, 1.82) is 0 Å². The van der Waals surface area contributed by atoms with Gasteiger partial charge in [0.1, 0.15) is 0 Å². The molecule has 0 bridgehead atoms. The predicted octanol–water partition coefficient (Wildman–Crippen LogP) is 2.61. The molecule has 0 spiro atoms. The molecule has 1 aliphatic heterocycles. The maximum atomic E-state index is 12.5. The molecule has 1 saturated carbocycles. The van der Waals surface area contributed by atoms with Crippen LogP contribution >= 0.6 is 11.8 Å². The van der Waals surface area contributed by atoms with E-state index in [-0.39, 0.29) is 12.2 Å². The second-order valence-electron chi connectivity index (χ2n) is 5.50. The summed E-state index contributed by atoms with van der Waals surface area (Å²) in [7, 11) is 0. The zero-order valence-corrected chi connectivity index (χ0v) is 12.6. The van der Waals surface area contributed by atoms with Gasteiger partial charge in [0.05, 0.1) is 12.2 Å². The molecule has 1 N–H and O–H groups in total. The molecule has 0 aromatic carbocycles. The summed E-state index contributed by atoms with van der Waals surface area (Å²) in [5, 5.41) is 4.28. The van der Waals surface area contributed by atoms with Crippen LogP contribution in [0.5, 0.6) is 0 Å². The predicted molar refractivity (Wildman–Crippen MR) is 77.7 cm³/mol. The van der Waals surface area contributed by atoms with E-state index in [4.69, 9.17) is 0 Å². The fourth-order valence-electron chi connectivity index (χ4n) is 3.32. The highest BCUT2D eigenvalue weighted by molar-refractivity contribution is 7.99. The van der Waals surface area contributed by atoms with Gasteiger partial charge in [0, 0.05) is 11.3 Å². The molecule has 1 saturated heterocycles. The normalized spacial score (nSPS) is 36.6. The molecule has 104 valence electrons. The van der Waals surface area contributed by atoms with Gasteiger partial charge in [0.15, 0.2) is 0 Å². The third-order valence-corrected chi connectivity index (χ3v) is 5.43. The Morgan fingerprint density at radius 1 is 1.39 bits per heavy atom. The Labute approximate surface area is 115 Å². The largest absolute Gasteiger partial charge is 0.323 e. The minimum absolute atomic E-state index is 0.0647. The highest BCUT2D eigenvalue weighted by Gasteiger charge is 2.43. The molecule has 3 nitrogen and oxygen atoms in total. The minimum atomic E-state index is 0.0647. The summed E-state index contributed by atoms with van der Waals surface area (Å²) in [5.74, 6) is 0.350. The second kappa shape index (κ2) is 6.29. The van der Waals surface area contributed by atoms with Gasteiger partial charge in [0.2, 0.25) is 5.91 Å². The first-order chi connectivity index (χ1) is 8.71. The van der Waals surface area contributed by atoms with Gasteiger partial charge in [-0.25, -0.2) is 0 Å². The molecule has 0 aromatic rings. The van der Waals surface area contributed by atoms with E-state index in [0.717, 1.165) is 24.5 Å². The van der Waals surface area contributed by atoms with E-state index in [9.17, 15) is 4.79 Å². The van der Waals surface area contributed by atoms with E-state index in [0.29, 0.717) is 11.9 Å². The number of carbonyl (C=O) groups is 1. The third-order valence-electron chi connectivity index (χ3n) is 4.34. The first-order valence-electron chi connectivity index (χ1n) is 7.32. The molecule has 0 radical (unpaired) electrons. The topological polar surface area (TPSA) is 32.3 Å². The number of carbonyl (C=O) groups excluding carboxylic acids is 1. The first kappa shape index (κ1) is 14.2. The molecule has 1 aliphatic carbocycles. The van der Waals surface area contributed by atoms with Crippen molar-refractivity contribution < 1.29 is 4.79 Å². The van der Waals surface area contributed by atoms with E-state index >= 15 is 0 Å².